The molecule has 0 amide bonds. The number of nitrogens with two attached hydrogens (primary N) is 1. The lowest BCUT2D eigenvalue weighted by Crippen LogP contribution is -2.27. The van der Waals surface area contributed by atoms with E-state index in [-0.39, 0.29) is 5.28 Å². The van der Waals surface area contributed by atoms with Crippen LogP contribution in [0.25, 0.3) is 0 Å². The van der Waals surface area contributed by atoms with Crippen molar-refractivity contribution in [1.29, 1.82) is 0 Å². The van der Waals surface area contributed by atoms with E-state index >= 15 is 0 Å². The smallest absolute Gasteiger partial charge is 0.224 e. The van der Waals surface area contributed by atoms with Gasteiger partial charge in [-0.15, -0.1) is 0 Å². The van der Waals surface area contributed by atoms with E-state index in [2.05, 4.69) is 14.9 Å². The van der Waals surface area contributed by atoms with Crippen LogP contribution < -0.4 is 10.6 Å². The third-order valence-corrected chi connectivity index (χ3v) is 3.83. The highest BCUT2D eigenvalue weighted by atomic mass is 35.5. The Bertz CT molecular complexity index is 377. The standard InChI is InChI=1S/C10H15ClN4S/c1-7-8(12)9(14-10(11)13-7)15-3-2-5-16-6-4-15/h2-6,12H2,1H3. The normalized spacial score (nSPS) is 17.2. The molecule has 16 heavy (non-hydrogen) atoms. The maximum Gasteiger partial charge on any atom is 0.224 e. The summed E-state index contributed by atoms with van der Waals surface area (Å²) in [6.45, 7) is 3.82. The van der Waals surface area contributed by atoms with Crippen molar-refractivity contribution < 1.29 is 0 Å². The van der Waals surface area contributed by atoms with E-state index in [1.807, 2.05) is 18.7 Å². The van der Waals surface area contributed by atoms with Gasteiger partial charge in [-0.05, 0) is 30.7 Å². The van der Waals surface area contributed by atoms with E-state index in [0.29, 0.717) is 5.69 Å². The summed E-state index contributed by atoms with van der Waals surface area (Å²) in [4.78, 5) is 10.5. The third-order valence-electron chi connectivity index (χ3n) is 2.61. The molecule has 2 N–H and O–H groups in total. The summed E-state index contributed by atoms with van der Waals surface area (Å²) < 4.78 is 0. The average Bonchev–Trinajstić information content (AvgIpc) is 2.51. The van der Waals surface area contributed by atoms with Crippen molar-refractivity contribution in [1.82, 2.24) is 9.97 Å². The molecule has 0 unspecified atom stereocenters. The summed E-state index contributed by atoms with van der Waals surface area (Å²) in [5.74, 6) is 3.11. The third kappa shape index (κ3) is 2.52. The summed E-state index contributed by atoms with van der Waals surface area (Å²) >= 11 is 7.84. The van der Waals surface area contributed by atoms with Gasteiger partial charge < -0.3 is 10.6 Å². The lowest BCUT2D eigenvalue weighted by Gasteiger charge is -2.23. The van der Waals surface area contributed by atoms with Crippen molar-refractivity contribution in [2.75, 3.05) is 35.2 Å². The molecule has 88 valence electrons. The van der Waals surface area contributed by atoms with Gasteiger partial charge in [0.05, 0.1) is 11.4 Å². The van der Waals surface area contributed by atoms with Crippen LogP contribution in [0.5, 0.6) is 0 Å². The fraction of sp³-hybridized carbons (Fsp3) is 0.600. The maximum atomic E-state index is 6.00. The number of hydrogen-bond donors (Lipinski definition) is 1. The van der Waals surface area contributed by atoms with Gasteiger partial charge >= 0.3 is 0 Å². The first-order valence-electron chi connectivity index (χ1n) is 5.31. The molecule has 0 aliphatic carbocycles. The fourth-order valence-electron chi connectivity index (χ4n) is 1.73. The minimum atomic E-state index is 0.276. The molecule has 2 rings (SSSR count). The zero-order valence-electron chi connectivity index (χ0n) is 9.24. The van der Waals surface area contributed by atoms with Crippen LogP contribution in [0, 0.1) is 6.92 Å². The Morgan fingerprint density at radius 1 is 1.31 bits per heavy atom. The molecule has 0 aromatic carbocycles. The molecule has 0 bridgehead atoms. The van der Waals surface area contributed by atoms with E-state index < -0.39 is 0 Å². The predicted octanol–water partition coefficient (Wildman–Crippen LogP) is 1.96. The summed E-state index contributed by atoms with van der Waals surface area (Å²) in [5, 5.41) is 0.276. The molecule has 0 spiro atoms. The van der Waals surface area contributed by atoms with Gasteiger partial charge in [0.15, 0.2) is 5.82 Å². The number of thioether (sulfide) groups is 1. The van der Waals surface area contributed by atoms with Crippen LogP contribution in [-0.2, 0) is 0 Å². The second kappa shape index (κ2) is 5.10. The summed E-state index contributed by atoms with van der Waals surface area (Å²) in [7, 11) is 0. The number of nitrogen functional groups attached to an aromatic ring is 1. The largest absolute Gasteiger partial charge is 0.394 e. The Morgan fingerprint density at radius 2 is 2.12 bits per heavy atom. The second-order valence-corrected chi connectivity index (χ2v) is 5.33. The van der Waals surface area contributed by atoms with Gasteiger partial charge in [0.25, 0.3) is 0 Å². The monoisotopic (exact) mass is 258 g/mol. The first-order valence-corrected chi connectivity index (χ1v) is 6.84. The highest BCUT2D eigenvalue weighted by Gasteiger charge is 2.16. The Balaban J connectivity index is 2.30. The van der Waals surface area contributed by atoms with Crippen LogP contribution in [0.4, 0.5) is 11.5 Å². The van der Waals surface area contributed by atoms with Crippen molar-refractivity contribution in [3.63, 3.8) is 0 Å². The highest BCUT2D eigenvalue weighted by Crippen LogP contribution is 2.26. The molecule has 4 nitrogen and oxygen atoms in total. The van der Waals surface area contributed by atoms with Gasteiger partial charge in [0.1, 0.15) is 0 Å². The zero-order valence-corrected chi connectivity index (χ0v) is 10.8. The number of rotatable bonds is 1. The van der Waals surface area contributed by atoms with Gasteiger partial charge in [0, 0.05) is 18.8 Å². The average molecular weight is 259 g/mol. The molecule has 1 aromatic rings. The van der Waals surface area contributed by atoms with Crippen LogP contribution in [-0.4, -0.2) is 34.6 Å². The quantitative estimate of drug-likeness (QED) is 0.781. The predicted molar refractivity (Wildman–Crippen MR) is 70.3 cm³/mol. The molecule has 0 saturated carbocycles. The number of aromatic nitrogens is 2. The maximum absolute atomic E-state index is 6.00. The summed E-state index contributed by atoms with van der Waals surface area (Å²) in [5.41, 5.74) is 7.41. The molecule has 1 aliphatic heterocycles. The molecule has 1 fully saturated rings. The molecule has 1 aromatic heterocycles. The molecule has 1 saturated heterocycles. The number of nitrogens with zero attached hydrogens (tertiary/aromatic N) is 3. The van der Waals surface area contributed by atoms with Gasteiger partial charge in [-0.2, -0.15) is 16.7 Å². The van der Waals surface area contributed by atoms with E-state index in [4.69, 9.17) is 17.3 Å². The van der Waals surface area contributed by atoms with Crippen molar-refractivity contribution in [3.05, 3.63) is 11.0 Å². The van der Waals surface area contributed by atoms with Crippen LogP contribution in [0.1, 0.15) is 12.1 Å². The molecule has 2 heterocycles. The fourth-order valence-corrected chi connectivity index (χ4v) is 2.83. The minimum Gasteiger partial charge on any atom is -0.394 e. The topological polar surface area (TPSA) is 55.0 Å². The number of halogens is 1. The van der Waals surface area contributed by atoms with Crippen molar-refractivity contribution >= 4 is 34.9 Å². The lowest BCUT2D eigenvalue weighted by molar-refractivity contribution is 0.799. The Morgan fingerprint density at radius 3 is 2.94 bits per heavy atom. The SMILES string of the molecule is Cc1nc(Cl)nc(N2CCCSCC2)c1N. The van der Waals surface area contributed by atoms with Crippen molar-refractivity contribution in [3.8, 4) is 0 Å². The van der Waals surface area contributed by atoms with Crippen LogP contribution >= 0.6 is 23.4 Å². The van der Waals surface area contributed by atoms with Crippen molar-refractivity contribution in [2.24, 2.45) is 0 Å². The van der Waals surface area contributed by atoms with Crippen LogP contribution in [0.2, 0.25) is 5.28 Å². The molecular weight excluding hydrogens is 244 g/mol. The van der Waals surface area contributed by atoms with Gasteiger partial charge in [0.2, 0.25) is 5.28 Å². The Hall–Kier alpha value is -0.680. The highest BCUT2D eigenvalue weighted by molar-refractivity contribution is 7.99. The van der Waals surface area contributed by atoms with Gasteiger partial charge in [-0.3, -0.25) is 0 Å². The van der Waals surface area contributed by atoms with Crippen LogP contribution in [0.15, 0.2) is 0 Å². The Labute approximate surface area is 105 Å². The van der Waals surface area contributed by atoms with E-state index in [1.54, 1.807) is 0 Å². The van der Waals surface area contributed by atoms with E-state index in [0.717, 1.165) is 36.8 Å². The number of aryl methyl sites for hydroxylation is 1. The van der Waals surface area contributed by atoms with E-state index in [1.165, 1.54) is 5.75 Å². The molecule has 0 atom stereocenters. The second-order valence-electron chi connectivity index (χ2n) is 3.77. The summed E-state index contributed by atoms with van der Waals surface area (Å²) in [6, 6.07) is 0. The Kier molecular flexibility index (Phi) is 3.76. The zero-order chi connectivity index (χ0) is 11.5. The van der Waals surface area contributed by atoms with Gasteiger partial charge in [-0.1, -0.05) is 0 Å². The molecule has 0 radical (unpaired) electrons. The molecular formula is C10H15ClN4S. The van der Waals surface area contributed by atoms with Gasteiger partial charge in [-0.25, -0.2) is 4.98 Å². The number of anilines is 2. The lowest BCUT2D eigenvalue weighted by atomic mass is 10.3. The minimum absolute atomic E-state index is 0.276. The molecule has 6 heteroatoms. The summed E-state index contributed by atoms with van der Waals surface area (Å²) in [6.07, 6.45) is 1.16. The molecule has 1 aliphatic rings. The van der Waals surface area contributed by atoms with Crippen molar-refractivity contribution in [2.45, 2.75) is 13.3 Å². The number of hydrogen-bond acceptors (Lipinski definition) is 5. The first kappa shape index (κ1) is 11.8. The first-order chi connectivity index (χ1) is 7.68. The van der Waals surface area contributed by atoms with E-state index in [9.17, 15) is 0 Å². The van der Waals surface area contributed by atoms with Crippen LogP contribution in [0.3, 0.4) is 0 Å².